The number of carbonyl (C=O) groups is 1. The third kappa shape index (κ3) is 5.66. The van der Waals surface area contributed by atoms with E-state index in [1.807, 2.05) is 55.5 Å². The number of hydrogen-bond acceptors (Lipinski definition) is 5. The second-order valence-electron chi connectivity index (χ2n) is 7.88. The van der Waals surface area contributed by atoms with Crippen molar-refractivity contribution in [2.75, 3.05) is 18.5 Å². The molecule has 2 heterocycles. The van der Waals surface area contributed by atoms with Gasteiger partial charge in [-0.25, -0.2) is 0 Å². The highest BCUT2D eigenvalue weighted by atomic mass is 16.5. The van der Waals surface area contributed by atoms with Gasteiger partial charge in [0.1, 0.15) is 17.3 Å². The summed E-state index contributed by atoms with van der Waals surface area (Å²) in [5.74, 6) is 3.55. The smallest absolute Gasteiger partial charge is 0.224 e. The molecule has 1 aromatic heterocycles. The number of nitrogens with one attached hydrogen (secondary N) is 1. The first-order valence-electron chi connectivity index (χ1n) is 11.4. The van der Waals surface area contributed by atoms with Crippen molar-refractivity contribution in [1.82, 2.24) is 14.8 Å². The van der Waals surface area contributed by atoms with Crippen LogP contribution in [0.25, 0.3) is 11.4 Å². The van der Waals surface area contributed by atoms with Gasteiger partial charge in [-0.15, -0.1) is 10.2 Å². The molecule has 168 valence electrons. The van der Waals surface area contributed by atoms with Gasteiger partial charge in [-0.1, -0.05) is 6.42 Å². The van der Waals surface area contributed by atoms with Gasteiger partial charge >= 0.3 is 0 Å². The van der Waals surface area contributed by atoms with E-state index in [0.29, 0.717) is 26.1 Å². The van der Waals surface area contributed by atoms with Crippen molar-refractivity contribution in [2.24, 2.45) is 0 Å². The lowest BCUT2D eigenvalue weighted by atomic mass is 10.2. The molecule has 3 aromatic rings. The number of amides is 1. The molecule has 0 fully saturated rings. The molecule has 2 aromatic carbocycles. The number of benzene rings is 2. The van der Waals surface area contributed by atoms with E-state index in [9.17, 15) is 4.79 Å². The van der Waals surface area contributed by atoms with Crippen molar-refractivity contribution < 1.29 is 14.3 Å². The fourth-order valence-corrected chi connectivity index (χ4v) is 3.85. The Bertz CT molecular complexity index is 1010. The Kier molecular flexibility index (Phi) is 7.38. The van der Waals surface area contributed by atoms with E-state index in [0.717, 1.165) is 53.8 Å². The molecule has 0 atom stereocenters. The van der Waals surface area contributed by atoms with Gasteiger partial charge in [0.2, 0.25) is 5.91 Å². The number of nitrogens with zero attached hydrogens (tertiary/aromatic N) is 3. The zero-order valence-electron chi connectivity index (χ0n) is 18.5. The fraction of sp³-hybridized carbons (Fsp3) is 0.400. The van der Waals surface area contributed by atoms with Gasteiger partial charge in [0.25, 0.3) is 0 Å². The van der Waals surface area contributed by atoms with Crippen molar-refractivity contribution in [3.05, 3.63) is 54.4 Å². The van der Waals surface area contributed by atoms with Crippen molar-refractivity contribution in [3.8, 4) is 22.9 Å². The molecule has 0 unspecified atom stereocenters. The number of hydrogen-bond donors (Lipinski definition) is 1. The summed E-state index contributed by atoms with van der Waals surface area (Å²) in [4.78, 5) is 12.3. The highest BCUT2D eigenvalue weighted by Crippen LogP contribution is 2.24. The first kappa shape index (κ1) is 21.9. The molecule has 1 amide bonds. The molecule has 0 aliphatic carbocycles. The minimum absolute atomic E-state index is 0.0237. The Morgan fingerprint density at radius 1 is 0.969 bits per heavy atom. The lowest BCUT2D eigenvalue weighted by Crippen LogP contribution is -2.12. The summed E-state index contributed by atoms with van der Waals surface area (Å²) in [6.45, 7) is 4.04. The Balaban J connectivity index is 1.23. The number of carbonyl (C=O) groups excluding carboxylic acids is 1. The number of rotatable bonds is 9. The third-order valence-electron chi connectivity index (χ3n) is 5.49. The van der Waals surface area contributed by atoms with Crippen LogP contribution < -0.4 is 14.8 Å². The average Bonchev–Trinajstić information content (AvgIpc) is 3.06. The molecular formula is C25H30N4O3. The van der Waals surface area contributed by atoms with Crippen LogP contribution in [0.2, 0.25) is 0 Å². The van der Waals surface area contributed by atoms with Crippen LogP contribution in [0.5, 0.6) is 11.5 Å². The fourth-order valence-electron chi connectivity index (χ4n) is 3.85. The van der Waals surface area contributed by atoms with Crippen LogP contribution in [0.1, 0.15) is 44.9 Å². The van der Waals surface area contributed by atoms with E-state index in [1.165, 1.54) is 12.8 Å². The average molecular weight is 435 g/mol. The van der Waals surface area contributed by atoms with E-state index in [4.69, 9.17) is 9.47 Å². The molecule has 1 aliphatic rings. The summed E-state index contributed by atoms with van der Waals surface area (Å²) in [6.07, 6.45) is 5.60. The summed E-state index contributed by atoms with van der Waals surface area (Å²) in [7, 11) is 0. The van der Waals surface area contributed by atoms with Gasteiger partial charge in [-0.2, -0.15) is 0 Å². The van der Waals surface area contributed by atoms with Gasteiger partial charge < -0.3 is 19.4 Å². The second-order valence-corrected chi connectivity index (χ2v) is 7.88. The molecule has 0 spiro atoms. The topological polar surface area (TPSA) is 78.3 Å². The summed E-state index contributed by atoms with van der Waals surface area (Å²) in [6, 6.07) is 15.3. The lowest BCUT2D eigenvalue weighted by Gasteiger charge is -2.09. The molecule has 4 rings (SSSR count). The quantitative estimate of drug-likeness (QED) is 0.486. The van der Waals surface area contributed by atoms with Gasteiger partial charge in [-0.05, 0) is 74.7 Å². The molecule has 0 saturated carbocycles. The Morgan fingerprint density at radius 3 is 2.47 bits per heavy atom. The van der Waals surface area contributed by atoms with Crippen molar-refractivity contribution in [3.63, 3.8) is 0 Å². The van der Waals surface area contributed by atoms with E-state index >= 15 is 0 Å². The number of ether oxygens (including phenoxy) is 2. The highest BCUT2D eigenvalue weighted by Gasteiger charge is 2.16. The van der Waals surface area contributed by atoms with Crippen LogP contribution >= 0.6 is 0 Å². The monoisotopic (exact) mass is 434 g/mol. The van der Waals surface area contributed by atoms with Gasteiger partial charge in [-0.3, -0.25) is 4.79 Å². The molecule has 0 bridgehead atoms. The SMILES string of the molecule is CCOc1ccc(OCCCC(=O)Nc2ccc(-c3nnc4n3CCCCC4)cc2)cc1. The molecule has 1 N–H and O–H groups in total. The number of aryl methyl sites for hydroxylation is 1. The molecule has 0 radical (unpaired) electrons. The normalized spacial score (nSPS) is 13.2. The van der Waals surface area contributed by atoms with E-state index in [1.54, 1.807) is 0 Å². The lowest BCUT2D eigenvalue weighted by molar-refractivity contribution is -0.116. The van der Waals surface area contributed by atoms with Gasteiger partial charge in [0, 0.05) is 30.6 Å². The maximum absolute atomic E-state index is 12.3. The Morgan fingerprint density at radius 2 is 1.72 bits per heavy atom. The predicted molar refractivity (Wildman–Crippen MR) is 124 cm³/mol. The molecule has 7 heteroatoms. The number of anilines is 1. The summed E-state index contributed by atoms with van der Waals surface area (Å²) >= 11 is 0. The van der Waals surface area contributed by atoms with Crippen molar-refractivity contribution in [2.45, 2.75) is 52.0 Å². The molecule has 0 saturated heterocycles. The second kappa shape index (κ2) is 10.8. The van der Waals surface area contributed by atoms with E-state index in [2.05, 4.69) is 20.1 Å². The molecule has 7 nitrogen and oxygen atoms in total. The van der Waals surface area contributed by atoms with Crippen molar-refractivity contribution in [1.29, 1.82) is 0 Å². The van der Waals surface area contributed by atoms with Crippen LogP contribution in [-0.4, -0.2) is 33.9 Å². The summed E-state index contributed by atoms with van der Waals surface area (Å²) in [5, 5.41) is 11.7. The minimum atomic E-state index is -0.0237. The Hall–Kier alpha value is -3.35. The number of aromatic nitrogens is 3. The first-order valence-corrected chi connectivity index (χ1v) is 11.4. The van der Waals surface area contributed by atoms with Gasteiger partial charge in [0.05, 0.1) is 13.2 Å². The standard InChI is InChI=1S/C25H30N4O3/c1-2-31-21-13-15-22(16-14-21)32-18-6-8-24(30)26-20-11-9-19(10-12-20)25-28-27-23-7-4-3-5-17-29(23)25/h9-16H,2-8,17-18H2,1H3,(H,26,30). The minimum Gasteiger partial charge on any atom is -0.494 e. The van der Waals surface area contributed by atoms with Crippen LogP contribution in [0.4, 0.5) is 5.69 Å². The van der Waals surface area contributed by atoms with Crippen LogP contribution in [0, 0.1) is 0 Å². The third-order valence-corrected chi connectivity index (χ3v) is 5.49. The molecular weight excluding hydrogens is 404 g/mol. The maximum atomic E-state index is 12.3. The predicted octanol–water partition coefficient (Wildman–Crippen LogP) is 4.87. The highest BCUT2D eigenvalue weighted by molar-refractivity contribution is 5.90. The van der Waals surface area contributed by atoms with E-state index in [-0.39, 0.29) is 5.91 Å². The van der Waals surface area contributed by atoms with Crippen LogP contribution in [-0.2, 0) is 17.8 Å². The Labute approximate surface area is 188 Å². The number of fused-ring (bicyclic) bond motifs is 1. The summed E-state index contributed by atoms with van der Waals surface area (Å²) in [5.41, 5.74) is 1.80. The van der Waals surface area contributed by atoms with Gasteiger partial charge in [0.15, 0.2) is 5.82 Å². The largest absolute Gasteiger partial charge is 0.494 e. The molecule has 32 heavy (non-hydrogen) atoms. The van der Waals surface area contributed by atoms with Crippen LogP contribution in [0.3, 0.4) is 0 Å². The maximum Gasteiger partial charge on any atom is 0.224 e. The first-order chi connectivity index (χ1) is 15.7. The molecule has 1 aliphatic heterocycles. The zero-order valence-corrected chi connectivity index (χ0v) is 18.5. The van der Waals surface area contributed by atoms with E-state index < -0.39 is 0 Å². The zero-order chi connectivity index (χ0) is 22.2. The van der Waals surface area contributed by atoms with Crippen molar-refractivity contribution >= 4 is 11.6 Å². The van der Waals surface area contributed by atoms with Crippen LogP contribution in [0.15, 0.2) is 48.5 Å². The summed E-state index contributed by atoms with van der Waals surface area (Å²) < 4.78 is 13.3.